The molecule has 0 saturated heterocycles. The van der Waals surface area contributed by atoms with Gasteiger partial charge < -0.3 is 16.0 Å². The van der Waals surface area contributed by atoms with E-state index in [1.165, 1.54) is 25.1 Å². The van der Waals surface area contributed by atoms with Crippen LogP contribution >= 0.6 is 0 Å². The monoisotopic (exact) mass is 239 g/mol. The SMILES string of the molecule is CNCC(=O)Nc1ccc(F)c(NC(C)=O)c1. The molecule has 0 radical (unpaired) electrons. The first-order valence-electron chi connectivity index (χ1n) is 5.04. The van der Waals surface area contributed by atoms with Crippen molar-refractivity contribution in [3.05, 3.63) is 24.0 Å². The van der Waals surface area contributed by atoms with E-state index in [1.54, 1.807) is 7.05 Å². The Hall–Kier alpha value is -1.95. The van der Waals surface area contributed by atoms with Crippen LogP contribution in [0.4, 0.5) is 15.8 Å². The van der Waals surface area contributed by atoms with Crippen LogP contribution in [0.5, 0.6) is 0 Å². The predicted octanol–water partition coefficient (Wildman–Crippen LogP) is 0.942. The number of halogens is 1. The van der Waals surface area contributed by atoms with Gasteiger partial charge in [-0.1, -0.05) is 0 Å². The van der Waals surface area contributed by atoms with Crippen molar-refractivity contribution in [2.75, 3.05) is 24.2 Å². The fraction of sp³-hybridized carbons (Fsp3) is 0.273. The Balaban J connectivity index is 2.81. The molecule has 1 aromatic rings. The number of hydrogen-bond donors (Lipinski definition) is 3. The van der Waals surface area contributed by atoms with Gasteiger partial charge in [0.15, 0.2) is 0 Å². The second-order valence-electron chi connectivity index (χ2n) is 3.45. The molecule has 0 bridgehead atoms. The van der Waals surface area contributed by atoms with Crippen LogP contribution in [0.2, 0.25) is 0 Å². The average molecular weight is 239 g/mol. The van der Waals surface area contributed by atoms with Gasteiger partial charge in [-0.25, -0.2) is 4.39 Å². The van der Waals surface area contributed by atoms with Gasteiger partial charge in [-0.3, -0.25) is 9.59 Å². The maximum Gasteiger partial charge on any atom is 0.238 e. The van der Waals surface area contributed by atoms with Crippen LogP contribution in [0.25, 0.3) is 0 Å². The Morgan fingerprint density at radius 3 is 2.59 bits per heavy atom. The molecule has 0 unspecified atom stereocenters. The molecule has 0 aliphatic heterocycles. The standard InChI is InChI=1S/C11H14FN3O2/c1-7(16)14-10-5-8(3-4-9(10)12)15-11(17)6-13-2/h3-5,13H,6H2,1-2H3,(H,14,16)(H,15,17). The number of carbonyl (C=O) groups excluding carboxylic acids is 2. The van der Waals surface area contributed by atoms with Crippen molar-refractivity contribution in [3.8, 4) is 0 Å². The molecular formula is C11H14FN3O2. The minimum atomic E-state index is -0.549. The first kappa shape index (κ1) is 13.1. The van der Waals surface area contributed by atoms with Crippen LogP contribution in [-0.2, 0) is 9.59 Å². The topological polar surface area (TPSA) is 70.2 Å². The number of anilines is 2. The Morgan fingerprint density at radius 2 is 2.00 bits per heavy atom. The second kappa shape index (κ2) is 5.95. The minimum Gasteiger partial charge on any atom is -0.325 e. The quantitative estimate of drug-likeness (QED) is 0.732. The van der Waals surface area contributed by atoms with E-state index in [-0.39, 0.29) is 24.0 Å². The van der Waals surface area contributed by atoms with Crippen molar-refractivity contribution >= 4 is 23.2 Å². The van der Waals surface area contributed by atoms with Gasteiger partial charge in [-0.05, 0) is 25.2 Å². The highest BCUT2D eigenvalue weighted by Gasteiger charge is 2.07. The summed E-state index contributed by atoms with van der Waals surface area (Å²) in [6.07, 6.45) is 0. The smallest absolute Gasteiger partial charge is 0.238 e. The second-order valence-corrected chi connectivity index (χ2v) is 3.45. The normalized spacial score (nSPS) is 9.82. The highest BCUT2D eigenvalue weighted by Crippen LogP contribution is 2.19. The predicted molar refractivity (Wildman–Crippen MR) is 63.3 cm³/mol. The zero-order valence-corrected chi connectivity index (χ0v) is 9.63. The molecule has 0 atom stereocenters. The maximum absolute atomic E-state index is 13.3. The molecule has 0 fully saturated rings. The number of amides is 2. The number of carbonyl (C=O) groups is 2. The fourth-order valence-electron chi connectivity index (χ4n) is 1.25. The highest BCUT2D eigenvalue weighted by atomic mass is 19.1. The largest absolute Gasteiger partial charge is 0.325 e. The molecule has 0 spiro atoms. The van der Waals surface area contributed by atoms with Crippen molar-refractivity contribution < 1.29 is 14.0 Å². The van der Waals surface area contributed by atoms with Crippen molar-refractivity contribution in [1.29, 1.82) is 0 Å². The van der Waals surface area contributed by atoms with Gasteiger partial charge >= 0.3 is 0 Å². The lowest BCUT2D eigenvalue weighted by atomic mass is 10.2. The number of nitrogens with one attached hydrogen (secondary N) is 3. The molecule has 5 nitrogen and oxygen atoms in total. The van der Waals surface area contributed by atoms with Gasteiger partial charge in [0.25, 0.3) is 0 Å². The fourth-order valence-corrected chi connectivity index (χ4v) is 1.25. The van der Waals surface area contributed by atoms with Gasteiger partial charge in [0, 0.05) is 12.6 Å². The summed E-state index contributed by atoms with van der Waals surface area (Å²) in [5.74, 6) is -1.16. The molecule has 1 aromatic carbocycles. The molecule has 0 aliphatic carbocycles. The van der Waals surface area contributed by atoms with Gasteiger partial charge in [0.2, 0.25) is 11.8 Å². The number of hydrogen-bond acceptors (Lipinski definition) is 3. The summed E-state index contributed by atoms with van der Waals surface area (Å²) >= 11 is 0. The van der Waals surface area contributed by atoms with E-state index in [2.05, 4.69) is 16.0 Å². The molecular weight excluding hydrogens is 225 g/mol. The summed E-state index contributed by atoms with van der Waals surface area (Å²) in [5, 5.41) is 7.59. The molecule has 1 rings (SSSR count). The van der Waals surface area contributed by atoms with E-state index >= 15 is 0 Å². The Bertz CT molecular complexity index is 435. The molecule has 6 heteroatoms. The molecule has 0 aliphatic rings. The third-order valence-electron chi connectivity index (χ3n) is 1.90. The minimum absolute atomic E-state index is 0.0414. The zero-order chi connectivity index (χ0) is 12.8. The summed E-state index contributed by atoms with van der Waals surface area (Å²) < 4.78 is 13.3. The van der Waals surface area contributed by atoms with E-state index < -0.39 is 5.82 Å². The van der Waals surface area contributed by atoms with Crippen LogP contribution in [-0.4, -0.2) is 25.4 Å². The van der Waals surface area contributed by atoms with Gasteiger partial charge in [0.1, 0.15) is 5.82 Å². The van der Waals surface area contributed by atoms with Crippen LogP contribution in [0, 0.1) is 5.82 Å². The maximum atomic E-state index is 13.3. The van der Waals surface area contributed by atoms with E-state index in [9.17, 15) is 14.0 Å². The number of rotatable bonds is 4. The summed E-state index contributed by atoms with van der Waals surface area (Å²) in [4.78, 5) is 22.1. The van der Waals surface area contributed by atoms with Gasteiger partial charge in [-0.15, -0.1) is 0 Å². The van der Waals surface area contributed by atoms with Crippen molar-refractivity contribution in [1.82, 2.24) is 5.32 Å². The van der Waals surface area contributed by atoms with Gasteiger partial charge in [0.05, 0.1) is 12.2 Å². The van der Waals surface area contributed by atoms with Crippen molar-refractivity contribution in [2.24, 2.45) is 0 Å². The molecule has 0 aromatic heterocycles. The van der Waals surface area contributed by atoms with Crippen LogP contribution in [0.1, 0.15) is 6.92 Å². The Morgan fingerprint density at radius 1 is 1.29 bits per heavy atom. The summed E-state index contributed by atoms with van der Waals surface area (Å²) in [7, 11) is 1.65. The van der Waals surface area contributed by atoms with E-state index in [4.69, 9.17) is 0 Å². The lowest BCUT2D eigenvalue weighted by molar-refractivity contribution is -0.115. The van der Waals surface area contributed by atoms with Crippen LogP contribution in [0.15, 0.2) is 18.2 Å². The Kier molecular flexibility index (Phi) is 4.59. The van der Waals surface area contributed by atoms with E-state index in [1.807, 2.05) is 0 Å². The third kappa shape index (κ3) is 4.20. The molecule has 3 N–H and O–H groups in total. The average Bonchev–Trinajstić information content (AvgIpc) is 2.22. The van der Waals surface area contributed by atoms with Crippen LogP contribution in [0.3, 0.4) is 0 Å². The van der Waals surface area contributed by atoms with E-state index in [0.717, 1.165) is 0 Å². The molecule has 17 heavy (non-hydrogen) atoms. The molecule has 92 valence electrons. The summed E-state index contributed by atoms with van der Waals surface area (Å²) in [6.45, 7) is 1.44. The van der Waals surface area contributed by atoms with Gasteiger partial charge in [-0.2, -0.15) is 0 Å². The lowest BCUT2D eigenvalue weighted by Crippen LogP contribution is -2.25. The number of likely N-dealkylation sites (N-methyl/N-ethyl adjacent to an activating group) is 1. The van der Waals surface area contributed by atoms with Crippen molar-refractivity contribution in [2.45, 2.75) is 6.92 Å². The first-order chi connectivity index (χ1) is 8.02. The molecule has 2 amide bonds. The number of benzene rings is 1. The van der Waals surface area contributed by atoms with E-state index in [0.29, 0.717) is 5.69 Å². The molecule has 0 heterocycles. The summed E-state index contributed by atoms with van der Waals surface area (Å²) in [6, 6.07) is 3.97. The molecule has 0 saturated carbocycles. The first-order valence-corrected chi connectivity index (χ1v) is 5.04. The summed E-state index contributed by atoms with van der Waals surface area (Å²) in [5.41, 5.74) is 0.468. The highest BCUT2D eigenvalue weighted by molar-refractivity contribution is 5.94. The Labute approximate surface area is 98.4 Å². The third-order valence-corrected chi connectivity index (χ3v) is 1.90. The zero-order valence-electron chi connectivity index (χ0n) is 9.63. The van der Waals surface area contributed by atoms with Crippen LogP contribution < -0.4 is 16.0 Å². The lowest BCUT2D eigenvalue weighted by Gasteiger charge is -2.08. The van der Waals surface area contributed by atoms with Crippen molar-refractivity contribution in [3.63, 3.8) is 0 Å².